The van der Waals surface area contributed by atoms with E-state index in [2.05, 4.69) is 18.4 Å². The van der Waals surface area contributed by atoms with Crippen LogP contribution in [0.1, 0.15) is 17.0 Å². The molecule has 0 amide bonds. The normalized spacial score (nSPS) is 24.1. The lowest BCUT2D eigenvalue weighted by Crippen LogP contribution is -2.18. The molecule has 1 aliphatic rings. The number of aliphatic hydroxyl groups is 1. The summed E-state index contributed by atoms with van der Waals surface area (Å²) in [5.41, 5.74) is 2.07. The number of benzene rings is 1. The van der Waals surface area contributed by atoms with Crippen LogP contribution in [0, 0.1) is 11.8 Å². The van der Waals surface area contributed by atoms with E-state index in [1.165, 1.54) is 0 Å². The first kappa shape index (κ1) is 8.10. The predicted octanol–water partition coefficient (Wildman–Crippen LogP) is 1.68. The van der Waals surface area contributed by atoms with Crippen molar-refractivity contribution in [3.8, 4) is 11.8 Å². The van der Waals surface area contributed by atoms with Gasteiger partial charge in [-0.25, -0.2) is 0 Å². The van der Waals surface area contributed by atoms with Crippen LogP contribution in [0.3, 0.4) is 0 Å². The Kier molecular flexibility index (Phi) is 1.92. The molecule has 0 fully saturated rings. The Labute approximate surface area is 77.7 Å². The van der Waals surface area contributed by atoms with Crippen molar-refractivity contribution in [2.45, 2.75) is 12.0 Å². The summed E-state index contributed by atoms with van der Waals surface area (Å²) < 4.78 is 0. The molecule has 0 radical (unpaired) electrons. The van der Waals surface area contributed by atoms with Crippen LogP contribution in [0.15, 0.2) is 36.9 Å². The van der Waals surface area contributed by atoms with Crippen molar-refractivity contribution in [2.24, 2.45) is 0 Å². The lowest BCUT2D eigenvalue weighted by Gasteiger charge is -2.20. The summed E-state index contributed by atoms with van der Waals surface area (Å²) >= 11 is 0. The monoisotopic (exact) mass is 170 g/mol. The maximum absolute atomic E-state index is 9.57. The molecule has 1 heteroatoms. The van der Waals surface area contributed by atoms with Gasteiger partial charge in [-0.2, -0.15) is 0 Å². The lowest BCUT2D eigenvalue weighted by molar-refractivity contribution is 0.215. The molecule has 2 rings (SSSR count). The summed E-state index contributed by atoms with van der Waals surface area (Å²) in [4.78, 5) is 0. The first-order valence-electron chi connectivity index (χ1n) is 4.24. The van der Waals surface area contributed by atoms with Crippen molar-refractivity contribution in [2.75, 3.05) is 0 Å². The van der Waals surface area contributed by atoms with Crippen LogP contribution in [0.5, 0.6) is 0 Å². The third-order valence-corrected chi connectivity index (χ3v) is 2.27. The Bertz CT molecular complexity index is 395. The Morgan fingerprint density at radius 3 is 2.92 bits per heavy atom. The van der Waals surface area contributed by atoms with Gasteiger partial charge in [-0.05, 0) is 11.6 Å². The maximum atomic E-state index is 9.57. The molecule has 0 aliphatic heterocycles. The van der Waals surface area contributed by atoms with E-state index in [-0.39, 0.29) is 5.92 Å². The molecular weight excluding hydrogens is 160 g/mol. The van der Waals surface area contributed by atoms with Gasteiger partial charge in [0, 0.05) is 11.5 Å². The van der Waals surface area contributed by atoms with Crippen LogP contribution < -0.4 is 0 Å². The van der Waals surface area contributed by atoms with E-state index in [0.29, 0.717) is 0 Å². The average molecular weight is 170 g/mol. The van der Waals surface area contributed by atoms with Crippen molar-refractivity contribution < 1.29 is 5.11 Å². The summed E-state index contributed by atoms with van der Waals surface area (Å²) in [7, 11) is 0. The van der Waals surface area contributed by atoms with Crippen molar-refractivity contribution in [1.29, 1.82) is 0 Å². The zero-order valence-electron chi connectivity index (χ0n) is 7.20. The topological polar surface area (TPSA) is 20.2 Å². The van der Waals surface area contributed by atoms with Gasteiger partial charge in [-0.15, -0.1) is 6.58 Å². The van der Waals surface area contributed by atoms with E-state index in [1.54, 1.807) is 6.08 Å². The fourth-order valence-electron chi connectivity index (χ4n) is 1.57. The van der Waals surface area contributed by atoms with Gasteiger partial charge < -0.3 is 5.11 Å². The summed E-state index contributed by atoms with van der Waals surface area (Å²) in [6.07, 6.45) is 1.14. The van der Waals surface area contributed by atoms with Crippen LogP contribution >= 0.6 is 0 Å². The average Bonchev–Trinajstić information content (AvgIpc) is 2.18. The van der Waals surface area contributed by atoms with Gasteiger partial charge in [0.1, 0.15) is 6.10 Å². The Morgan fingerprint density at radius 2 is 2.15 bits per heavy atom. The minimum Gasteiger partial charge on any atom is -0.379 e. The number of hydrogen-bond acceptors (Lipinski definition) is 1. The largest absolute Gasteiger partial charge is 0.379 e. The highest BCUT2D eigenvalue weighted by Gasteiger charge is 2.20. The van der Waals surface area contributed by atoms with Gasteiger partial charge in [0.05, 0.1) is 0 Å². The minimum atomic E-state index is -0.604. The molecule has 64 valence electrons. The van der Waals surface area contributed by atoms with E-state index in [4.69, 9.17) is 0 Å². The summed E-state index contributed by atoms with van der Waals surface area (Å²) in [5.74, 6) is 5.66. The first-order valence-corrected chi connectivity index (χ1v) is 4.24. The standard InChI is InChI=1S/C12H10O/c1-2-10-11-6-4-3-5-9(11)7-8-12(10)13/h2-6,10,12-13H,1H2/t10-,12-/m1/s1. The third kappa shape index (κ3) is 1.26. The van der Waals surface area contributed by atoms with Crippen molar-refractivity contribution in [3.05, 3.63) is 48.0 Å². The van der Waals surface area contributed by atoms with Gasteiger partial charge in [0.25, 0.3) is 0 Å². The number of aliphatic hydroxyl groups excluding tert-OH is 1. The van der Waals surface area contributed by atoms with Crippen molar-refractivity contribution in [1.82, 2.24) is 0 Å². The van der Waals surface area contributed by atoms with Gasteiger partial charge in [0.15, 0.2) is 0 Å². The van der Waals surface area contributed by atoms with E-state index >= 15 is 0 Å². The molecule has 0 saturated carbocycles. The molecular formula is C12H10O. The van der Waals surface area contributed by atoms with Crippen LogP contribution in [0.2, 0.25) is 0 Å². The molecule has 0 bridgehead atoms. The van der Waals surface area contributed by atoms with E-state index < -0.39 is 6.10 Å². The Morgan fingerprint density at radius 1 is 1.38 bits per heavy atom. The van der Waals surface area contributed by atoms with Gasteiger partial charge in [-0.3, -0.25) is 0 Å². The SMILES string of the molecule is C=C[C@@H]1c2ccccc2C#C[C@H]1O. The Balaban J connectivity index is 2.57. The molecule has 1 N–H and O–H groups in total. The van der Waals surface area contributed by atoms with Crippen LogP contribution in [0.25, 0.3) is 0 Å². The molecule has 0 saturated heterocycles. The molecule has 1 aromatic rings. The van der Waals surface area contributed by atoms with E-state index in [9.17, 15) is 5.11 Å². The molecule has 2 atom stereocenters. The van der Waals surface area contributed by atoms with Crippen molar-refractivity contribution >= 4 is 0 Å². The Hall–Kier alpha value is -1.52. The molecule has 1 nitrogen and oxygen atoms in total. The molecule has 0 aromatic heterocycles. The summed E-state index contributed by atoms with van der Waals surface area (Å²) in [6.45, 7) is 3.71. The summed E-state index contributed by atoms with van der Waals surface area (Å²) in [5, 5.41) is 9.57. The third-order valence-electron chi connectivity index (χ3n) is 2.27. The maximum Gasteiger partial charge on any atom is 0.125 e. The second-order valence-electron chi connectivity index (χ2n) is 3.06. The highest BCUT2D eigenvalue weighted by atomic mass is 16.3. The van der Waals surface area contributed by atoms with Gasteiger partial charge in [0.2, 0.25) is 0 Å². The van der Waals surface area contributed by atoms with Crippen LogP contribution in [-0.2, 0) is 0 Å². The van der Waals surface area contributed by atoms with Gasteiger partial charge in [-0.1, -0.05) is 36.1 Å². The zero-order valence-corrected chi connectivity index (χ0v) is 7.20. The number of rotatable bonds is 1. The molecule has 0 unspecified atom stereocenters. The number of hydrogen-bond donors (Lipinski definition) is 1. The molecule has 0 spiro atoms. The molecule has 0 heterocycles. The van der Waals surface area contributed by atoms with Crippen LogP contribution in [0.4, 0.5) is 0 Å². The molecule has 13 heavy (non-hydrogen) atoms. The number of fused-ring (bicyclic) bond motifs is 1. The fraction of sp³-hybridized carbons (Fsp3) is 0.167. The zero-order chi connectivity index (χ0) is 9.26. The van der Waals surface area contributed by atoms with Crippen LogP contribution in [-0.4, -0.2) is 11.2 Å². The summed E-state index contributed by atoms with van der Waals surface area (Å²) in [6, 6.07) is 7.85. The second kappa shape index (κ2) is 3.08. The first-order chi connectivity index (χ1) is 6.33. The molecule has 1 aromatic carbocycles. The molecule has 1 aliphatic carbocycles. The highest BCUT2D eigenvalue weighted by Crippen LogP contribution is 2.26. The lowest BCUT2D eigenvalue weighted by atomic mass is 9.87. The second-order valence-corrected chi connectivity index (χ2v) is 3.06. The van der Waals surface area contributed by atoms with E-state index in [1.807, 2.05) is 24.3 Å². The minimum absolute atomic E-state index is 0.0440. The van der Waals surface area contributed by atoms with Gasteiger partial charge >= 0.3 is 0 Å². The fourth-order valence-corrected chi connectivity index (χ4v) is 1.57. The highest BCUT2D eigenvalue weighted by molar-refractivity contribution is 5.49. The smallest absolute Gasteiger partial charge is 0.125 e. The predicted molar refractivity (Wildman–Crippen MR) is 52.3 cm³/mol. The van der Waals surface area contributed by atoms with E-state index in [0.717, 1.165) is 11.1 Å². The quantitative estimate of drug-likeness (QED) is 0.502. The van der Waals surface area contributed by atoms with Crippen molar-refractivity contribution in [3.63, 3.8) is 0 Å².